The molecule has 0 saturated carbocycles. The Bertz CT molecular complexity index is 1220. The first kappa shape index (κ1) is 29.8. The number of carbonyl (C=O) groups excluding carboxylic acids is 1. The van der Waals surface area contributed by atoms with Crippen molar-refractivity contribution in [2.75, 3.05) is 26.2 Å². The Kier molecular flexibility index (Phi) is 8.12. The van der Waals surface area contributed by atoms with Crippen LogP contribution >= 0.6 is 0 Å². The maximum Gasteiger partial charge on any atom is 0.416 e. The number of benzene rings is 2. The van der Waals surface area contributed by atoms with Gasteiger partial charge in [0.25, 0.3) is 0 Å². The van der Waals surface area contributed by atoms with Crippen LogP contribution in [0, 0.1) is 11.7 Å². The molecule has 0 radical (unpaired) electrons. The first-order valence-electron chi connectivity index (χ1n) is 13.6. The highest BCUT2D eigenvalue weighted by molar-refractivity contribution is 5.78. The van der Waals surface area contributed by atoms with Gasteiger partial charge in [-0.3, -0.25) is 4.79 Å². The van der Waals surface area contributed by atoms with Crippen molar-refractivity contribution in [2.45, 2.75) is 68.8 Å². The van der Waals surface area contributed by atoms with Crippen LogP contribution in [0.5, 0.6) is 0 Å². The highest BCUT2D eigenvalue weighted by atomic mass is 19.4. The molecule has 6 atom stereocenters. The minimum atomic E-state index is -4.99. The molecule has 2 unspecified atom stereocenters. The molecule has 0 aromatic heterocycles. The molecule has 0 aliphatic carbocycles. The van der Waals surface area contributed by atoms with Gasteiger partial charge >= 0.3 is 12.4 Å². The molecule has 5 rings (SSSR count). The Balaban J connectivity index is 1.43. The lowest BCUT2D eigenvalue weighted by molar-refractivity contribution is -0.143. The molecule has 3 fully saturated rings. The van der Waals surface area contributed by atoms with Crippen LogP contribution in [-0.2, 0) is 21.9 Å². The maximum absolute atomic E-state index is 13.8. The van der Waals surface area contributed by atoms with Gasteiger partial charge in [0.15, 0.2) is 0 Å². The third-order valence-electron chi connectivity index (χ3n) is 8.43. The second-order valence-electron chi connectivity index (χ2n) is 11.4. The minimum Gasteiger partial charge on any atom is -0.392 e. The van der Waals surface area contributed by atoms with Crippen LogP contribution in [0.3, 0.4) is 0 Å². The summed E-state index contributed by atoms with van der Waals surface area (Å²) in [5.74, 6) is -1.06. The zero-order chi connectivity index (χ0) is 29.7. The van der Waals surface area contributed by atoms with Crippen molar-refractivity contribution in [3.8, 4) is 0 Å². The smallest absolute Gasteiger partial charge is 0.392 e. The van der Waals surface area contributed by atoms with E-state index in [4.69, 9.17) is 4.74 Å². The van der Waals surface area contributed by atoms with Crippen molar-refractivity contribution in [1.29, 1.82) is 0 Å². The fourth-order valence-corrected chi connectivity index (χ4v) is 6.52. The van der Waals surface area contributed by atoms with Gasteiger partial charge in [0, 0.05) is 44.6 Å². The molecule has 3 saturated heterocycles. The summed E-state index contributed by atoms with van der Waals surface area (Å²) in [6.07, 6.45) is -10.8. The number of fused-ring (bicyclic) bond motifs is 1. The predicted molar refractivity (Wildman–Crippen MR) is 134 cm³/mol. The van der Waals surface area contributed by atoms with Gasteiger partial charge in [0.05, 0.1) is 29.4 Å². The first-order valence-corrected chi connectivity index (χ1v) is 13.6. The van der Waals surface area contributed by atoms with Crippen molar-refractivity contribution >= 4 is 5.91 Å². The van der Waals surface area contributed by atoms with E-state index in [0.717, 1.165) is 6.54 Å². The third kappa shape index (κ3) is 6.54. The quantitative estimate of drug-likeness (QED) is 0.435. The van der Waals surface area contributed by atoms with Crippen LogP contribution in [0.4, 0.5) is 30.7 Å². The van der Waals surface area contributed by atoms with Crippen LogP contribution in [-0.4, -0.2) is 65.2 Å². The summed E-state index contributed by atoms with van der Waals surface area (Å²) >= 11 is 0. The average Bonchev–Trinajstić information content (AvgIpc) is 3.46. The van der Waals surface area contributed by atoms with E-state index in [-0.39, 0.29) is 42.5 Å². The molecule has 3 aliphatic rings. The van der Waals surface area contributed by atoms with Crippen LogP contribution in [0.15, 0.2) is 42.5 Å². The Hall–Kier alpha value is -2.70. The molecule has 1 N–H and O–H groups in total. The van der Waals surface area contributed by atoms with Crippen molar-refractivity contribution in [1.82, 2.24) is 9.80 Å². The van der Waals surface area contributed by atoms with Gasteiger partial charge in [-0.2, -0.15) is 26.3 Å². The lowest BCUT2D eigenvalue weighted by Crippen LogP contribution is -2.46. The lowest BCUT2D eigenvalue weighted by atomic mass is 9.81. The third-order valence-corrected chi connectivity index (χ3v) is 8.43. The number of carbonyl (C=O) groups is 1. The van der Waals surface area contributed by atoms with Crippen LogP contribution in [0.2, 0.25) is 0 Å². The standard InChI is InChI=1S/C29H31F7N2O3/c1-16(19-10-20(28(31,32)33)12-21(11-19)29(34,35)36)41-25-15-38-24(27(25)18-2-4-22(30)5-3-18)8-17(9-26(38)40)13-37-7-6-23(39)14-37/h2-5,10-12,16-17,23-25,27,39H,6-9,13-15H2,1H3/t16-,17?,23-,24+,25+,27?/m1/s1. The van der Waals surface area contributed by atoms with Gasteiger partial charge in [0.1, 0.15) is 5.82 Å². The summed E-state index contributed by atoms with van der Waals surface area (Å²) in [6.45, 7) is 3.37. The minimum absolute atomic E-state index is 0.00835. The lowest BCUT2D eigenvalue weighted by Gasteiger charge is -2.38. The summed E-state index contributed by atoms with van der Waals surface area (Å²) in [5.41, 5.74) is -2.48. The summed E-state index contributed by atoms with van der Waals surface area (Å²) in [6, 6.07) is 6.72. The number of β-amino-alcohol motifs (C(OH)–C–C–N with tert-alkyl or cyclic N) is 1. The SMILES string of the molecule is C[C@@H](O[C@H]1CN2C(=O)CC(CN3CC[C@@H](O)C3)C[C@H]2C1c1ccc(F)cc1)c1cc(C(F)(F)F)cc(C(F)(F)F)c1. The summed E-state index contributed by atoms with van der Waals surface area (Å²) in [4.78, 5) is 17.0. The van der Waals surface area contributed by atoms with E-state index < -0.39 is 53.5 Å². The fraction of sp³-hybridized carbons (Fsp3) is 0.552. The molecule has 12 heteroatoms. The van der Waals surface area contributed by atoms with E-state index in [1.54, 1.807) is 17.0 Å². The highest BCUT2D eigenvalue weighted by Gasteiger charge is 2.49. The number of nitrogens with zero attached hydrogens (tertiary/aromatic N) is 2. The number of piperidine rings is 1. The van der Waals surface area contributed by atoms with E-state index in [0.29, 0.717) is 43.6 Å². The predicted octanol–water partition coefficient (Wildman–Crippen LogP) is 5.78. The van der Waals surface area contributed by atoms with E-state index in [2.05, 4.69) is 4.90 Å². The number of hydrogen-bond donors (Lipinski definition) is 1. The molecule has 3 aliphatic heterocycles. The molecule has 2 aromatic carbocycles. The number of rotatable bonds is 6. The number of amides is 1. The van der Waals surface area contributed by atoms with Gasteiger partial charge in [0.2, 0.25) is 5.91 Å². The zero-order valence-corrected chi connectivity index (χ0v) is 22.3. The highest BCUT2D eigenvalue weighted by Crippen LogP contribution is 2.45. The molecule has 5 nitrogen and oxygen atoms in total. The number of aliphatic hydroxyl groups is 1. The largest absolute Gasteiger partial charge is 0.416 e. The van der Waals surface area contributed by atoms with Gasteiger partial charge < -0.3 is 19.6 Å². The van der Waals surface area contributed by atoms with Gasteiger partial charge in [-0.1, -0.05) is 12.1 Å². The number of aliphatic hydroxyl groups excluding tert-OH is 1. The normalized spacial score (nSPS) is 28.3. The van der Waals surface area contributed by atoms with Crippen LogP contribution in [0.1, 0.15) is 60.5 Å². The summed E-state index contributed by atoms with van der Waals surface area (Å²) in [5, 5.41) is 9.89. The zero-order valence-electron chi connectivity index (χ0n) is 22.3. The molecular formula is C29H31F7N2O3. The average molecular weight is 589 g/mol. The van der Waals surface area contributed by atoms with E-state index in [9.17, 15) is 40.6 Å². The number of alkyl halides is 6. The van der Waals surface area contributed by atoms with Gasteiger partial charge in [-0.15, -0.1) is 0 Å². The van der Waals surface area contributed by atoms with Crippen LogP contribution < -0.4 is 0 Å². The topological polar surface area (TPSA) is 53.0 Å². The molecular weight excluding hydrogens is 557 g/mol. The Morgan fingerprint density at radius 3 is 2.20 bits per heavy atom. The second-order valence-corrected chi connectivity index (χ2v) is 11.4. The Morgan fingerprint density at radius 1 is 1.00 bits per heavy atom. The van der Waals surface area contributed by atoms with Crippen molar-refractivity contribution in [2.24, 2.45) is 5.92 Å². The van der Waals surface area contributed by atoms with Gasteiger partial charge in [-0.25, -0.2) is 4.39 Å². The van der Waals surface area contributed by atoms with Crippen molar-refractivity contribution < 1.29 is 45.4 Å². The molecule has 2 aromatic rings. The second kappa shape index (κ2) is 11.2. The summed E-state index contributed by atoms with van der Waals surface area (Å²) in [7, 11) is 0. The Morgan fingerprint density at radius 2 is 1.63 bits per heavy atom. The number of ether oxygens (including phenoxy) is 1. The van der Waals surface area contributed by atoms with E-state index in [1.807, 2.05) is 0 Å². The molecule has 1 amide bonds. The van der Waals surface area contributed by atoms with Crippen molar-refractivity contribution in [3.05, 3.63) is 70.5 Å². The molecule has 224 valence electrons. The molecule has 41 heavy (non-hydrogen) atoms. The van der Waals surface area contributed by atoms with Crippen molar-refractivity contribution in [3.63, 3.8) is 0 Å². The molecule has 0 bridgehead atoms. The fourth-order valence-electron chi connectivity index (χ4n) is 6.52. The Labute approximate surface area is 232 Å². The number of hydrogen-bond acceptors (Lipinski definition) is 4. The maximum atomic E-state index is 13.8. The molecule has 3 heterocycles. The number of likely N-dealkylation sites (tertiary alicyclic amines) is 1. The molecule has 0 spiro atoms. The van der Waals surface area contributed by atoms with E-state index in [1.165, 1.54) is 19.1 Å². The first-order chi connectivity index (χ1) is 19.2. The number of halogens is 7. The van der Waals surface area contributed by atoms with Gasteiger partial charge in [-0.05, 0) is 67.1 Å². The monoisotopic (exact) mass is 588 g/mol. The van der Waals surface area contributed by atoms with Crippen LogP contribution in [0.25, 0.3) is 0 Å². The summed E-state index contributed by atoms with van der Waals surface area (Å²) < 4.78 is 101. The van der Waals surface area contributed by atoms with E-state index >= 15 is 0 Å².